The molecular weight excluding hydrogens is 193 g/mol. The minimum Gasteiger partial charge on any atom is -0.388 e. The van der Waals surface area contributed by atoms with E-state index in [1.165, 1.54) is 12.1 Å². The van der Waals surface area contributed by atoms with Gasteiger partial charge in [0.05, 0.1) is 11.6 Å². The topological polar surface area (TPSA) is 32.3 Å². The van der Waals surface area contributed by atoms with Crippen molar-refractivity contribution in [2.75, 3.05) is 5.32 Å². The van der Waals surface area contributed by atoms with Crippen molar-refractivity contribution in [2.45, 2.75) is 39.3 Å². The Morgan fingerprint density at radius 2 is 2.00 bits per heavy atom. The smallest absolute Gasteiger partial charge is 0.125 e. The first kappa shape index (κ1) is 12.0. The van der Waals surface area contributed by atoms with Gasteiger partial charge in [0.1, 0.15) is 5.82 Å². The van der Waals surface area contributed by atoms with Gasteiger partial charge < -0.3 is 10.4 Å². The fraction of sp³-hybridized carbons (Fsp3) is 0.500. The molecule has 2 nitrogen and oxygen atoms in total. The zero-order chi connectivity index (χ0) is 11.6. The number of anilines is 1. The fourth-order valence-electron chi connectivity index (χ4n) is 1.16. The molecule has 1 aromatic carbocycles. The summed E-state index contributed by atoms with van der Waals surface area (Å²) in [6.45, 7) is 7.21. The predicted molar refractivity (Wildman–Crippen MR) is 60.5 cm³/mol. The quantitative estimate of drug-likeness (QED) is 0.805. The first-order valence-electron chi connectivity index (χ1n) is 5.06. The maximum Gasteiger partial charge on any atom is 0.125 e. The molecular formula is C12H18FNO. The van der Waals surface area contributed by atoms with Crippen LogP contribution in [0.25, 0.3) is 0 Å². The van der Waals surface area contributed by atoms with Crippen molar-refractivity contribution in [1.82, 2.24) is 0 Å². The summed E-state index contributed by atoms with van der Waals surface area (Å²) in [5, 5.41) is 12.9. The van der Waals surface area contributed by atoms with Crippen LogP contribution < -0.4 is 5.32 Å². The number of rotatable bonds is 3. The third-order valence-electron chi connectivity index (χ3n) is 2.63. The summed E-state index contributed by atoms with van der Waals surface area (Å²) in [7, 11) is 0. The molecule has 0 saturated carbocycles. The van der Waals surface area contributed by atoms with Crippen molar-refractivity contribution >= 4 is 5.69 Å². The second-order valence-corrected chi connectivity index (χ2v) is 4.48. The molecule has 0 aliphatic rings. The summed E-state index contributed by atoms with van der Waals surface area (Å²) in [5.41, 5.74) is 0.857. The van der Waals surface area contributed by atoms with Crippen LogP contribution >= 0.6 is 0 Å². The lowest BCUT2D eigenvalue weighted by Gasteiger charge is -2.28. The molecule has 0 heterocycles. The Balaban J connectivity index is 2.85. The third-order valence-corrected chi connectivity index (χ3v) is 2.63. The minimum absolute atomic E-state index is 0.141. The number of aliphatic hydroxyl groups is 1. The zero-order valence-electron chi connectivity index (χ0n) is 9.63. The van der Waals surface area contributed by atoms with E-state index in [-0.39, 0.29) is 11.9 Å². The highest BCUT2D eigenvalue weighted by atomic mass is 19.1. The van der Waals surface area contributed by atoms with Crippen LogP contribution in [-0.4, -0.2) is 16.7 Å². The van der Waals surface area contributed by atoms with Crippen LogP contribution in [0.1, 0.15) is 26.3 Å². The van der Waals surface area contributed by atoms with Crippen molar-refractivity contribution in [3.05, 3.63) is 29.6 Å². The molecule has 0 aliphatic carbocycles. The standard InChI is InChI=1S/C12H18FNO/c1-8-5-6-10(13)7-11(8)14-9(2)12(3,4)15/h5-7,9,14-15H,1-4H3. The molecule has 0 aliphatic heterocycles. The van der Waals surface area contributed by atoms with E-state index in [0.717, 1.165) is 11.3 Å². The molecule has 1 atom stereocenters. The van der Waals surface area contributed by atoms with Crippen molar-refractivity contribution in [3.8, 4) is 0 Å². The average Bonchev–Trinajstić information content (AvgIpc) is 2.09. The van der Waals surface area contributed by atoms with Gasteiger partial charge in [0.2, 0.25) is 0 Å². The van der Waals surface area contributed by atoms with Crippen molar-refractivity contribution in [2.24, 2.45) is 0 Å². The van der Waals surface area contributed by atoms with E-state index in [0.29, 0.717) is 0 Å². The molecule has 84 valence electrons. The summed E-state index contributed by atoms with van der Waals surface area (Å²) < 4.78 is 13.0. The second kappa shape index (κ2) is 4.19. The number of hydrogen-bond acceptors (Lipinski definition) is 2. The summed E-state index contributed by atoms with van der Waals surface area (Å²) in [6.07, 6.45) is 0. The van der Waals surface area contributed by atoms with Gasteiger partial charge in [-0.15, -0.1) is 0 Å². The first-order valence-corrected chi connectivity index (χ1v) is 5.06. The van der Waals surface area contributed by atoms with Crippen LogP contribution in [-0.2, 0) is 0 Å². The molecule has 0 saturated heterocycles. The van der Waals surface area contributed by atoms with Crippen LogP contribution in [0.3, 0.4) is 0 Å². The molecule has 0 bridgehead atoms. The normalized spacial score (nSPS) is 13.7. The predicted octanol–water partition coefficient (Wildman–Crippen LogP) is 2.71. The molecule has 3 heteroatoms. The Bertz CT molecular complexity index is 344. The first-order chi connectivity index (χ1) is 6.80. The number of benzene rings is 1. The minimum atomic E-state index is -0.835. The lowest BCUT2D eigenvalue weighted by Crippen LogP contribution is -2.39. The van der Waals surface area contributed by atoms with Gasteiger partial charge in [-0.3, -0.25) is 0 Å². The highest BCUT2D eigenvalue weighted by Crippen LogP contribution is 2.20. The number of aryl methyl sites for hydroxylation is 1. The summed E-state index contributed by atoms with van der Waals surface area (Å²) in [6, 6.07) is 4.44. The van der Waals surface area contributed by atoms with Crippen molar-refractivity contribution in [3.63, 3.8) is 0 Å². The number of nitrogens with one attached hydrogen (secondary N) is 1. The lowest BCUT2D eigenvalue weighted by atomic mass is 10.00. The highest BCUT2D eigenvalue weighted by Gasteiger charge is 2.22. The third kappa shape index (κ3) is 3.20. The summed E-state index contributed by atoms with van der Waals surface area (Å²) >= 11 is 0. The Labute approximate surface area is 90.1 Å². The molecule has 0 spiro atoms. The molecule has 0 amide bonds. The summed E-state index contributed by atoms with van der Waals surface area (Å²) in [5.74, 6) is -0.272. The Hall–Kier alpha value is -1.09. The molecule has 2 N–H and O–H groups in total. The molecule has 1 rings (SSSR count). The van der Waals surface area contributed by atoms with E-state index in [1.54, 1.807) is 19.9 Å². The van der Waals surface area contributed by atoms with E-state index < -0.39 is 5.60 Å². The van der Waals surface area contributed by atoms with Gasteiger partial charge >= 0.3 is 0 Å². The van der Waals surface area contributed by atoms with Crippen LogP contribution in [0.5, 0.6) is 0 Å². The Morgan fingerprint density at radius 3 is 2.53 bits per heavy atom. The second-order valence-electron chi connectivity index (χ2n) is 4.48. The van der Waals surface area contributed by atoms with E-state index >= 15 is 0 Å². The molecule has 0 radical (unpaired) electrons. The average molecular weight is 211 g/mol. The van der Waals surface area contributed by atoms with Crippen LogP contribution in [0, 0.1) is 12.7 Å². The van der Waals surface area contributed by atoms with E-state index in [4.69, 9.17) is 0 Å². The van der Waals surface area contributed by atoms with Crippen LogP contribution in [0.4, 0.5) is 10.1 Å². The fourth-order valence-corrected chi connectivity index (χ4v) is 1.16. The van der Waals surface area contributed by atoms with E-state index in [9.17, 15) is 9.50 Å². The van der Waals surface area contributed by atoms with Gasteiger partial charge in [0.15, 0.2) is 0 Å². The van der Waals surface area contributed by atoms with Crippen LogP contribution in [0.15, 0.2) is 18.2 Å². The summed E-state index contributed by atoms with van der Waals surface area (Å²) in [4.78, 5) is 0. The molecule has 1 aromatic rings. The Morgan fingerprint density at radius 1 is 1.40 bits per heavy atom. The largest absolute Gasteiger partial charge is 0.388 e. The molecule has 0 aromatic heterocycles. The monoisotopic (exact) mass is 211 g/mol. The molecule has 15 heavy (non-hydrogen) atoms. The molecule has 1 unspecified atom stereocenters. The van der Waals surface area contributed by atoms with Gasteiger partial charge in [-0.05, 0) is 45.4 Å². The lowest BCUT2D eigenvalue weighted by molar-refractivity contribution is 0.0649. The highest BCUT2D eigenvalue weighted by molar-refractivity contribution is 5.51. The van der Waals surface area contributed by atoms with E-state index in [2.05, 4.69) is 5.32 Å². The number of hydrogen-bond donors (Lipinski definition) is 2. The SMILES string of the molecule is Cc1ccc(F)cc1NC(C)C(C)(C)O. The van der Waals surface area contributed by atoms with Crippen molar-refractivity contribution < 1.29 is 9.50 Å². The van der Waals surface area contributed by atoms with Gasteiger partial charge in [-0.25, -0.2) is 4.39 Å². The van der Waals surface area contributed by atoms with Gasteiger partial charge in [0.25, 0.3) is 0 Å². The van der Waals surface area contributed by atoms with Gasteiger partial charge in [0, 0.05) is 5.69 Å². The maximum absolute atomic E-state index is 13.0. The van der Waals surface area contributed by atoms with Gasteiger partial charge in [-0.2, -0.15) is 0 Å². The van der Waals surface area contributed by atoms with Crippen LogP contribution in [0.2, 0.25) is 0 Å². The Kier molecular flexibility index (Phi) is 3.35. The van der Waals surface area contributed by atoms with E-state index in [1.807, 2.05) is 13.8 Å². The maximum atomic E-state index is 13.0. The van der Waals surface area contributed by atoms with Gasteiger partial charge in [-0.1, -0.05) is 6.07 Å². The zero-order valence-corrected chi connectivity index (χ0v) is 9.63. The number of halogens is 1. The van der Waals surface area contributed by atoms with Crippen molar-refractivity contribution in [1.29, 1.82) is 0 Å². The molecule has 0 fully saturated rings.